The Morgan fingerprint density at radius 1 is 0.947 bits per heavy atom. The average Bonchev–Trinajstić information content (AvgIpc) is 2.28. The standard InChI is InChI=1S/C14H10F4O/c1-9-8-10(15)6-7-11(9)12-4-2-3-5-13(12)19-14(16,17)18/h2-8H,1H3. The van der Waals surface area contributed by atoms with Crippen LogP contribution < -0.4 is 4.74 Å². The summed E-state index contributed by atoms with van der Waals surface area (Å²) in [5.41, 5.74) is 1.32. The second-order valence-corrected chi connectivity index (χ2v) is 4.00. The fourth-order valence-electron chi connectivity index (χ4n) is 1.83. The van der Waals surface area contributed by atoms with Crippen molar-refractivity contribution >= 4 is 0 Å². The van der Waals surface area contributed by atoms with E-state index in [1.54, 1.807) is 13.0 Å². The quantitative estimate of drug-likeness (QED) is 0.719. The van der Waals surface area contributed by atoms with Crippen LogP contribution in [0.4, 0.5) is 17.6 Å². The van der Waals surface area contributed by atoms with Gasteiger partial charge in [-0.1, -0.05) is 24.3 Å². The summed E-state index contributed by atoms with van der Waals surface area (Å²) in [5.74, 6) is -0.736. The van der Waals surface area contributed by atoms with Crippen LogP contribution in [0.15, 0.2) is 42.5 Å². The Morgan fingerprint density at radius 3 is 2.26 bits per heavy atom. The van der Waals surface area contributed by atoms with Gasteiger partial charge >= 0.3 is 6.36 Å². The van der Waals surface area contributed by atoms with Crippen LogP contribution in [0.2, 0.25) is 0 Å². The largest absolute Gasteiger partial charge is 0.573 e. The highest BCUT2D eigenvalue weighted by Gasteiger charge is 2.32. The molecule has 0 fully saturated rings. The number of rotatable bonds is 2. The number of ether oxygens (including phenoxy) is 1. The number of alkyl halides is 3. The first-order chi connectivity index (χ1) is 8.87. The van der Waals surface area contributed by atoms with Crippen LogP contribution in [0.1, 0.15) is 5.56 Å². The van der Waals surface area contributed by atoms with E-state index in [4.69, 9.17) is 0 Å². The van der Waals surface area contributed by atoms with Gasteiger partial charge in [-0.15, -0.1) is 13.2 Å². The lowest BCUT2D eigenvalue weighted by Crippen LogP contribution is -2.17. The summed E-state index contributed by atoms with van der Waals surface area (Å²) in [5, 5.41) is 0. The predicted octanol–water partition coefficient (Wildman–Crippen LogP) is 4.70. The topological polar surface area (TPSA) is 9.23 Å². The zero-order valence-electron chi connectivity index (χ0n) is 9.96. The first-order valence-corrected chi connectivity index (χ1v) is 5.48. The zero-order valence-corrected chi connectivity index (χ0v) is 9.96. The molecule has 2 aromatic rings. The molecule has 0 saturated heterocycles. The molecule has 0 saturated carbocycles. The van der Waals surface area contributed by atoms with Gasteiger partial charge in [0.25, 0.3) is 0 Å². The SMILES string of the molecule is Cc1cc(F)ccc1-c1ccccc1OC(F)(F)F. The lowest BCUT2D eigenvalue weighted by atomic mass is 10.00. The van der Waals surface area contributed by atoms with Crippen molar-refractivity contribution in [2.75, 3.05) is 0 Å². The molecule has 1 nitrogen and oxygen atoms in total. The fraction of sp³-hybridized carbons (Fsp3) is 0.143. The van der Waals surface area contributed by atoms with Crippen LogP contribution in [0.3, 0.4) is 0 Å². The average molecular weight is 270 g/mol. The maximum atomic E-state index is 13.0. The summed E-state index contributed by atoms with van der Waals surface area (Å²) < 4.78 is 54.0. The number of hydrogen-bond acceptors (Lipinski definition) is 1. The van der Waals surface area contributed by atoms with Gasteiger partial charge in [-0.3, -0.25) is 0 Å². The van der Waals surface area contributed by atoms with Crippen molar-refractivity contribution in [3.8, 4) is 16.9 Å². The van der Waals surface area contributed by atoms with Crippen molar-refractivity contribution in [1.29, 1.82) is 0 Å². The van der Waals surface area contributed by atoms with E-state index in [1.807, 2.05) is 0 Å². The lowest BCUT2D eigenvalue weighted by Gasteiger charge is -2.14. The molecule has 0 spiro atoms. The predicted molar refractivity (Wildman–Crippen MR) is 63.3 cm³/mol. The van der Waals surface area contributed by atoms with Gasteiger partial charge in [-0.2, -0.15) is 0 Å². The van der Waals surface area contributed by atoms with E-state index in [-0.39, 0.29) is 11.3 Å². The van der Waals surface area contributed by atoms with Gasteiger partial charge in [0, 0.05) is 5.56 Å². The minimum atomic E-state index is -4.76. The van der Waals surface area contributed by atoms with E-state index in [0.29, 0.717) is 11.1 Å². The molecule has 0 aliphatic carbocycles. The second kappa shape index (κ2) is 4.91. The summed E-state index contributed by atoms with van der Waals surface area (Å²) in [7, 11) is 0. The van der Waals surface area contributed by atoms with Crippen molar-refractivity contribution < 1.29 is 22.3 Å². The van der Waals surface area contributed by atoms with Gasteiger partial charge < -0.3 is 4.74 Å². The molecule has 19 heavy (non-hydrogen) atoms. The summed E-state index contributed by atoms with van der Waals surface area (Å²) >= 11 is 0. The van der Waals surface area contributed by atoms with Crippen LogP contribution >= 0.6 is 0 Å². The zero-order chi connectivity index (χ0) is 14.0. The molecule has 0 radical (unpaired) electrons. The van der Waals surface area contributed by atoms with Gasteiger partial charge in [0.1, 0.15) is 11.6 Å². The van der Waals surface area contributed by atoms with E-state index < -0.39 is 12.2 Å². The number of para-hydroxylation sites is 1. The minimum Gasteiger partial charge on any atom is -0.405 e. The molecule has 2 rings (SSSR count). The molecule has 0 aromatic heterocycles. The number of halogens is 4. The molecule has 0 N–H and O–H groups in total. The van der Waals surface area contributed by atoms with Gasteiger partial charge in [-0.05, 0) is 36.2 Å². The molecule has 0 heterocycles. The van der Waals surface area contributed by atoms with Crippen LogP contribution in [0.5, 0.6) is 5.75 Å². The van der Waals surface area contributed by atoms with E-state index in [0.717, 1.165) is 0 Å². The number of aryl methyl sites for hydroxylation is 1. The van der Waals surface area contributed by atoms with Crippen molar-refractivity contribution in [3.63, 3.8) is 0 Å². The van der Waals surface area contributed by atoms with Crippen molar-refractivity contribution in [1.82, 2.24) is 0 Å². The molecular formula is C14H10F4O. The molecule has 0 amide bonds. The van der Waals surface area contributed by atoms with Gasteiger partial charge in [0.15, 0.2) is 0 Å². The van der Waals surface area contributed by atoms with Crippen molar-refractivity contribution in [3.05, 3.63) is 53.8 Å². The molecule has 100 valence electrons. The molecule has 2 aromatic carbocycles. The molecule has 5 heteroatoms. The Labute approximate surface area is 107 Å². The maximum absolute atomic E-state index is 13.0. The van der Waals surface area contributed by atoms with Crippen LogP contribution in [0, 0.1) is 12.7 Å². The molecular weight excluding hydrogens is 260 g/mol. The minimum absolute atomic E-state index is 0.275. The van der Waals surface area contributed by atoms with Crippen LogP contribution in [-0.4, -0.2) is 6.36 Å². The Bertz CT molecular complexity index is 590. The van der Waals surface area contributed by atoms with Crippen molar-refractivity contribution in [2.45, 2.75) is 13.3 Å². The Balaban J connectivity index is 2.50. The lowest BCUT2D eigenvalue weighted by molar-refractivity contribution is -0.274. The van der Waals surface area contributed by atoms with Crippen molar-refractivity contribution in [2.24, 2.45) is 0 Å². The van der Waals surface area contributed by atoms with E-state index in [9.17, 15) is 17.6 Å². The normalized spacial score (nSPS) is 11.4. The molecule has 0 unspecified atom stereocenters. The Kier molecular flexibility index (Phi) is 3.46. The van der Waals surface area contributed by atoms with Gasteiger partial charge in [-0.25, -0.2) is 4.39 Å². The van der Waals surface area contributed by atoms with E-state index in [1.165, 1.54) is 36.4 Å². The van der Waals surface area contributed by atoms with E-state index >= 15 is 0 Å². The van der Waals surface area contributed by atoms with Gasteiger partial charge in [0.05, 0.1) is 0 Å². The van der Waals surface area contributed by atoms with Crippen LogP contribution in [-0.2, 0) is 0 Å². The summed E-state index contributed by atoms with van der Waals surface area (Å²) in [4.78, 5) is 0. The fourth-order valence-corrected chi connectivity index (χ4v) is 1.83. The molecule has 0 atom stereocenters. The number of benzene rings is 2. The molecule has 0 aliphatic rings. The third kappa shape index (κ3) is 3.24. The third-order valence-corrected chi connectivity index (χ3v) is 2.59. The highest BCUT2D eigenvalue weighted by Crippen LogP contribution is 2.35. The van der Waals surface area contributed by atoms with E-state index in [2.05, 4.69) is 4.74 Å². The summed E-state index contributed by atoms with van der Waals surface area (Å²) in [6.07, 6.45) is -4.76. The van der Waals surface area contributed by atoms with Gasteiger partial charge in [0.2, 0.25) is 0 Å². The highest BCUT2D eigenvalue weighted by atomic mass is 19.4. The molecule has 0 aliphatic heterocycles. The third-order valence-electron chi connectivity index (χ3n) is 2.59. The monoisotopic (exact) mass is 270 g/mol. The summed E-state index contributed by atoms with van der Waals surface area (Å²) in [6.45, 7) is 1.63. The Hall–Kier alpha value is -2.04. The molecule has 0 bridgehead atoms. The highest BCUT2D eigenvalue weighted by molar-refractivity contribution is 5.73. The number of hydrogen-bond donors (Lipinski definition) is 0. The second-order valence-electron chi connectivity index (χ2n) is 4.00. The van der Waals surface area contributed by atoms with Crippen LogP contribution in [0.25, 0.3) is 11.1 Å². The summed E-state index contributed by atoms with van der Waals surface area (Å²) in [6, 6.07) is 9.67. The Morgan fingerprint density at radius 2 is 1.63 bits per heavy atom. The first-order valence-electron chi connectivity index (χ1n) is 5.48. The maximum Gasteiger partial charge on any atom is 0.573 e. The smallest absolute Gasteiger partial charge is 0.405 e. The first kappa shape index (κ1) is 13.4.